The lowest BCUT2D eigenvalue weighted by atomic mass is 9.78. The average Bonchev–Trinajstić information content (AvgIpc) is 2.79. The fraction of sp³-hybridized carbons (Fsp3) is 0.250. The molecule has 1 N–H and O–H groups in total. The summed E-state index contributed by atoms with van der Waals surface area (Å²) < 4.78 is 0. The first kappa shape index (κ1) is 11.3. The van der Waals surface area contributed by atoms with Crippen molar-refractivity contribution < 1.29 is 14.8 Å². The summed E-state index contributed by atoms with van der Waals surface area (Å²) in [5, 5.41) is 19.8. The van der Waals surface area contributed by atoms with E-state index in [4.69, 9.17) is 0 Å². The Labute approximate surface area is 97.5 Å². The van der Waals surface area contributed by atoms with E-state index in [0.29, 0.717) is 18.4 Å². The minimum atomic E-state index is -0.949. The number of allylic oxidation sites excluding steroid dienone is 2. The van der Waals surface area contributed by atoms with Gasteiger partial charge in [0.1, 0.15) is 0 Å². The van der Waals surface area contributed by atoms with Crippen molar-refractivity contribution in [1.82, 2.24) is 0 Å². The summed E-state index contributed by atoms with van der Waals surface area (Å²) >= 11 is 0. The lowest BCUT2D eigenvalue weighted by Crippen LogP contribution is -2.32. The maximum atomic E-state index is 11.4. The van der Waals surface area contributed by atoms with Gasteiger partial charge in [0, 0.05) is 12.1 Å². The molecular weight excluding hydrogens is 222 g/mol. The number of carboxylic acid groups (broad SMARTS) is 1. The lowest BCUT2D eigenvalue weighted by Gasteiger charge is -2.24. The molecule has 5 heteroatoms. The SMILES string of the molecule is O=C(O)C1(c2ccc([N+](=O)[O-])cc2)CC=CC1. The van der Waals surface area contributed by atoms with Gasteiger partial charge < -0.3 is 5.11 Å². The summed E-state index contributed by atoms with van der Waals surface area (Å²) in [7, 11) is 0. The number of nitro groups is 1. The molecule has 0 amide bonds. The quantitative estimate of drug-likeness (QED) is 0.493. The second kappa shape index (κ2) is 4.01. The number of rotatable bonds is 3. The van der Waals surface area contributed by atoms with Gasteiger partial charge in [0.15, 0.2) is 0 Å². The minimum Gasteiger partial charge on any atom is -0.481 e. The molecule has 0 aromatic heterocycles. The van der Waals surface area contributed by atoms with E-state index >= 15 is 0 Å². The standard InChI is InChI=1S/C12H11NO4/c14-11(15)12(7-1-2-8-12)9-3-5-10(6-4-9)13(16)17/h1-6H,7-8H2,(H,14,15). The van der Waals surface area contributed by atoms with Crippen LogP contribution in [0.25, 0.3) is 0 Å². The topological polar surface area (TPSA) is 80.4 Å². The molecule has 1 aromatic rings. The van der Waals surface area contributed by atoms with Crippen LogP contribution in [0.1, 0.15) is 18.4 Å². The van der Waals surface area contributed by atoms with Gasteiger partial charge in [-0.05, 0) is 18.4 Å². The van der Waals surface area contributed by atoms with Crippen LogP contribution >= 0.6 is 0 Å². The molecule has 5 nitrogen and oxygen atoms in total. The fourth-order valence-corrected chi connectivity index (χ4v) is 2.09. The predicted octanol–water partition coefficient (Wildman–Crippen LogP) is 2.27. The molecule has 0 saturated carbocycles. The monoisotopic (exact) mass is 233 g/mol. The highest BCUT2D eigenvalue weighted by Crippen LogP contribution is 2.37. The van der Waals surface area contributed by atoms with Crippen LogP contribution in [0.2, 0.25) is 0 Å². The number of carboxylic acids is 1. The summed E-state index contributed by atoms with van der Waals surface area (Å²) in [6, 6.07) is 5.75. The Hall–Kier alpha value is -2.17. The molecule has 0 saturated heterocycles. The number of nitrogens with zero attached hydrogens (tertiary/aromatic N) is 1. The number of hydrogen-bond acceptors (Lipinski definition) is 3. The van der Waals surface area contributed by atoms with E-state index < -0.39 is 16.3 Å². The highest BCUT2D eigenvalue weighted by Gasteiger charge is 2.40. The smallest absolute Gasteiger partial charge is 0.314 e. The minimum absolute atomic E-state index is 0.0276. The Kier molecular flexibility index (Phi) is 2.67. The van der Waals surface area contributed by atoms with Crippen molar-refractivity contribution in [2.24, 2.45) is 0 Å². The van der Waals surface area contributed by atoms with Gasteiger partial charge in [-0.15, -0.1) is 0 Å². The largest absolute Gasteiger partial charge is 0.481 e. The van der Waals surface area contributed by atoms with Crippen molar-refractivity contribution in [3.05, 3.63) is 52.1 Å². The number of benzene rings is 1. The van der Waals surface area contributed by atoms with Gasteiger partial charge in [-0.3, -0.25) is 14.9 Å². The lowest BCUT2D eigenvalue weighted by molar-refractivity contribution is -0.384. The molecule has 0 radical (unpaired) electrons. The summed E-state index contributed by atoms with van der Waals surface area (Å²) in [6.07, 6.45) is 4.52. The molecule has 1 aliphatic rings. The molecular formula is C12H11NO4. The third kappa shape index (κ3) is 1.80. The van der Waals surface area contributed by atoms with Crippen LogP contribution in [-0.4, -0.2) is 16.0 Å². The van der Waals surface area contributed by atoms with Crippen LogP contribution < -0.4 is 0 Å². The van der Waals surface area contributed by atoms with E-state index in [9.17, 15) is 20.0 Å². The molecule has 0 aliphatic heterocycles. The Morgan fingerprint density at radius 1 is 1.24 bits per heavy atom. The van der Waals surface area contributed by atoms with Crippen molar-refractivity contribution in [3.63, 3.8) is 0 Å². The van der Waals surface area contributed by atoms with E-state index in [0.717, 1.165) is 0 Å². The Morgan fingerprint density at radius 3 is 2.18 bits per heavy atom. The molecule has 0 heterocycles. The zero-order valence-corrected chi connectivity index (χ0v) is 9.00. The highest BCUT2D eigenvalue weighted by molar-refractivity contribution is 5.82. The van der Waals surface area contributed by atoms with E-state index in [2.05, 4.69) is 0 Å². The van der Waals surface area contributed by atoms with Crippen molar-refractivity contribution in [3.8, 4) is 0 Å². The third-order valence-electron chi connectivity index (χ3n) is 3.14. The van der Waals surface area contributed by atoms with Crippen LogP contribution in [0.3, 0.4) is 0 Å². The first-order valence-corrected chi connectivity index (χ1v) is 5.19. The fourth-order valence-electron chi connectivity index (χ4n) is 2.09. The van der Waals surface area contributed by atoms with Crippen molar-refractivity contribution in [2.75, 3.05) is 0 Å². The zero-order chi connectivity index (χ0) is 12.5. The number of carbonyl (C=O) groups is 1. The first-order valence-electron chi connectivity index (χ1n) is 5.19. The third-order valence-corrected chi connectivity index (χ3v) is 3.14. The summed E-state index contributed by atoms with van der Waals surface area (Å²) in [4.78, 5) is 21.4. The summed E-state index contributed by atoms with van der Waals surface area (Å²) in [6.45, 7) is 0. The summed E-state index contributed by atoms with van der Waals surface area (Å²) in [5.74, 6) is -0.892. The maximum Gasteiger partial charge on any atom is 0.314 e. The van der Waals surface area contributed by atoms with Gasteiger partial charge in [0.05, 0.1) is 10.3 Å². The van der Waals surface area contributed by atoms with Crippen molar-refractivity contribution >= 4 is 11.7 Å². The van der Waals surface area contributed by atoms with Crippen LogP contribution in [0.4, 0.5) is 5.69 Å². The van der Waals surface area contributed by atoms with Gasteiger partial charge in [-0.1, -0.05) is 24.3 Å². The van der Waals surface area contributed by atoms with E-state index in [1.807, 2.05) is 12.2 Å². The Balaban J connectivity index is 2.38. The molecule has 2 rings (SSSR count). The van der Waals surface area contributed by atoms with Gasteiger partial charge in [-0.2, -0.15) is 0 Å². The van der Waals surface area contributed by atoms with E-state index in [-0.39, 0.29) is 5.69 Å². The molecule has 88 valence electrons. The molecule has 0 bridgehead atoms. The second-order valence-electron chi connectivity index (χ2n) is 4.07. The van der Waals surface area contributed by atoms with E-state index in [1.165, 1.54) is 24.3 Å². The van der Waals surface area contributed by atoms with Crippen LogP contribution in [0.15, 0.2) is 36.4 Å². The molecule has 17 heavy (non-hydrogen) atoms. The number of nitro benzene ring substituents is 1. The van der Waals surface area contributed by atoms with Crippen LogP contribution in [-0.2, 0) is 10.2 Å². The van der Waals surface area contributed by atoms with Crippen molar-refractivity contribution in [1.29, 1.82) is 0 Å². The molecule has 1 aliphatic carbocycles. The normalized spacial score (nSPS) is 16.9. The Morgan fingerprint density at radius 2 is 1.76 bits per heavy atom. The molecule has 0 atom stereocenters. The zero-order valence-electron chi connectivity index (χ0n) is 9.00. The Bertz CT molecular complexity index is 482. The average molecular weight is 233 g/mol. The number of aliphatic carboxylic acids is 1. The van der Waals surface area contributed by atoms with Gasteiger partial charge in [0.25, 0.3) is 5.69 Å². The van der Waals surface area contributed by atoms with Gasteiger partial charge in [-0.25, -0.2) is 0 Å². The van der Waals surface area contributed by atoms with Crippen LogP contribution in [0.5, 0.6) is 0 Å². The molecule has 1 aromatic carbocycles. The molecule has 0 unspecified atom stereocenters. The van der Waals surface area contributed by atoms with Gasteiger partial charge in [0.2, 0.25) is 0 Å². The second-order valence-corrected chi connectivity index (χ2v) is 4.07. The van der Waals surface area contributed by atoms with Crippen molar-refractivity contribution in [2.45, 2.75) is 18.3 Å². The highest BCUT2D eigenvalue weighted by atomic mass is 16.6. The molecule has 0 spiro atoms. The van der Waals surface area contributed by atoms with Gasteiger partial charge >= 0.3 is 5.97 Å². The van der Waals surface area contributed by atoms with E-state index in [1.54, 1.807) is 0 Å². The van der Waals surface area contributed by atoms with Crippen LogP contribution in [0, 0.1) is 10.1 Å². The molecule has 0 fully saturated rings. The predicted molar refractivity (Wildman–Crippen MR) is 60.8 cm³/mol. The number of non-ortho nitro benzene ring substituents is 1. The summed E-state index contributed by atoms with van der Waals surface area (Å²) in [5.41, 5.74) is -0.365. The maximum absolute atomic E-state index is 11.4. The first-order chi connectivity index (χ1) is 8.06. The number of hydrogen-bond donors (Lipinski definition) is 1.